The van der Waals surface area contributed by atoms with E-state index in [-0.39, 0.29) is 0 Å². The minimum atomic E-state index is 0.544. The van der Waals surface area contributed by atoms with E-state index in [0.29, 0.717) is 5.41 Å². The van der Waals surface area contributed by atoms with Crippen molar-refractivity contribution in [2.75, 3.05) is 0 Å². The Kier molecular flexibility index (Phi) is 4.68. The van der Waals surface area contributed by atoms with Gasteiger partial charge in [-0.05, 0) is 53.8 Å². The molecule has 0 aromatic carbocycles. The minimum absolute atomic E-state index is 0.544. The number of hydrogen-bond acceptors (Lipinski definition) is 0. The third-order valence-corrected chi connectivity index (χ3v) is 6.83. The molecule has 2 saturated carbocycles. The molecule has 2 aliphatic carbocycles. The van der Waals surface area contributed by atoms with Gasteiger partial charge in [0.2, 0.25) is 0 Å². The van der Waals surface area contributed by atoms with Gasteiger partial charge in [0.1, 0.15) is 0 Å². The maximum absolute atomic E-state index is 2.60. The Morgan fingerprint density at radius 2 is 1.00 bits per heavy atom. The average Bonchev–Trinajstić information content (AvgIpc) is 2.35. The van der Waals surface area contributed by atoms with E-state index in [0.717, 1.165) is 35.5 Å². The zero-order valence-corrected chi connectivity index (χ0v) is 14.2. The third-order valence-electron chi connectivity index (χ3n) is 6.83. The smallest absolute Gasteiger partial charge is 0.0292 e. The van der Waals surface area contributed by atoms with Crippen LogP contribution in [0.25, 0.3) is 0 Å². The first-order valence-corrected chi connectivity index (χ1v) is 8.82. The Balaban J connectivity index is 2.14. The predicted molar refractivity (Wildman–Crippen MR) is 85.1 cm³/mol. The second-order valence-corrected chi connectivity index (χ2v) is 8.83. The molecule has 0 aliphatic heterocycles. The summed E-state index contributed by atoms with van der Waals surface area (Å²) < 4.78 is 0. The lowest BCUT2D eigenvalue weighted by molar-refractivity contribution is -0.0198. The normalized spacial score (nSPS) is 45.2. The van der Waals surface area contributed by atoms with Gasteiger partial charge in [0.25, 0.3) is 0 Å². The van der Waals surface area contributed by atoms with Crippen LogP contribution >= 0.6 is 0 Å². The molecule has 6 atom stereocenters. The molecule has 2 aliphatic rings. The van der Waals surface area contributed by atoms with Crippen molar-refractivity contribution in [3.63, 3.8) is 0 Å². The Morgan fingerprint density at radius 1 is 0.632 bits per heavy atom. The molecular weight excluding hydrogens is 228 g/mol. The maximum Gasteiger partial charge on any atom is -0.0292 e. The second kappa shape index (κ2) is 5.78. The summed E-state index contributed by atoms with van der Waals surface area (Å²) in [6.45, 7) is 15.2. The van der Waals surface area contributed by atoms with E-state index in [1.807, 2.05) is 0 Å². The zero-order valence-electron chi connectivity index (χ0n) is 14.2. The van der Waals surface area contributed by atoms with Crippen molar-refractivity contribution in [2.24, 2.45) is 40.9 Å². The van der Waals surface area contributed by atoms with Crippen LogP contribution in [-0.4, -0.2) is 0 Å². The van der Waals surface area contributed by atoms with Gasteiger partial charge in [-0.15, -0.1) is 0 Å². The quantitative estimate of drug-likeness (QED) is 0.560. The van der Waals surface area contributed by atoms with E-state index in [2.05, 4.69) is 41.5 Å². The standard InChI is InChI=1S/C19H36/c1-13-7-9-15(3)17(11-13)19(5,6)18-12-14(2)8-10-16(18)4/h13-18H,7-12H2,1-6H3. The van der Waals surface area contributed by atoms with Gasteiger partial charge in [-0.25, -0.2) is 0 Å². The van der Waals surface area contributed by atoms with Crippen LogP contribution in [-0.2, 0) is 0 Å². The third kappa shape index (κ3) is 3.19. The van der Waals surface area contributed by atoms with Crippen molar-refractivity contribution in [1.29, 1.82) is 0 Å². The fraction of sp³-hybridized carbons (Fsp3) is 1.00. The first-order valence-electron chi connectivity index (χ1n) is 8.82. The van der Waals surface area contributed by atoms with Crippen LogP contribution in [0.4, 0.5) is 0 Å². The highest BCUT2D eigenvalue weighted by Gasteiger charge is 2.45. The molecule has 2 rings (SSSR count). The number of hydrogen-bond donors (Lipinski definition) is 0. The van der Waals surface area contributed by atoms with Gasteiger partial charge in [0, 0.05) is 0 Å². The van der Waals surface area contributed by atoms with Gasteiger partial charge >= 0.3 is 0 Å². The van der Waals surface area contributed by atoms with Crippen LogP contribution in [0.2, 0.25) is 0 Å². The van der Waals surface area contributed by atoms with E-state index in [1.165, 1.54) is 38.5 Å². The largest absolute Gasteiger partial charge is 0.0625 e. The molecule has 0 aromatic heterocycles. The molecule has 0 N–H and O–H groups in total. The van der Waals surface area contributed by atoms with Crippen molar-refractivity contribution < 1.29 is 0 Å². The Bertz CT molecular complexity index is 262. The van der Waals surface area contributed by atoms with Gasteiger partial charge in [-0.3, -0.25) is 0 Å². The molecule has 0 aromatic rings. The van der Waals surface area contributed by atoms with Crippen LogP contribution in [0.1, 0.15) is 80.1 Å². The monoisotopic (exact) mass is 264 g/mol. The fourth-order valence-electron chi connectivity index (χ4n) is 5.41. The summed E-state index contributed by atoms with van der Waals surface area (Å²) in [5.74, 6) is 5.70. The molecule has 19 heavy (non-hydrogen) atoms. The summed E-state index contributed by atoms with van der Waals surface area (Å²) in [5, 5.41) is 0. The van der Waals surface area contributed by atoms with Gasteiger partial charge in [0.15, 0.2) is 0 Å². The van der Waals surface area contributed by atoms with Crippen LogP contribution in [0.15, 0.2) is 0 Å². The SMILES string of the molecule is CC1CCC(C)C(C(C)(C)C2CC(C)CCC2C)C1. The first-order chi connectivity index (χ1) is 8.82. The second-order valence-electron chi connectivity index (χ2n) is 8.83. The van der Waals surface area contributed by atoms with Gasteiger partial charge in [-0.2, -0.15) is 0 Å². The summed E-state index contributed by atoms with van der Waals surface area (Å²) in [4.78, 5) is 0. The van der Waals surface area contributed by atoms with Crippen LogP contribution in [0.3, 0.4) is 0 Å². The van der Waals surface area contributed by atoms with E-state index in [1.54, 1.807) is 0 Å². The maximum atomic E-state index is 2.60. The predicted octanol–water partition coefficient (Wildman–Crippen LogP) is 6.16. The lowest BCUT2D eigenvalue weighted by Crippen LogP contribution is -2.43. The number of rotatable bonds is 2. The summed E-state index contributed by atoms with van der Waals surface area (Å²) in [6, 6.07) is 0. The summed E-state index contributed by atoms with van der Waals surface area (Å²) >= 11 is 0. The topological polar surface area (TPSA) is 0 Å². The highest BCUT2D eigenvalue weighted by atomic mass is 14.5. The molecule has 0 heterocycles. The van der Waals surface area contributed by atoms with Gasteiger partial charge in [-0.1, -0.05) is 67.2 Å². The summed E-state index contributed by atoms with van der Waals surface area (Å²) in [6.07, 6.45) is 8.81. The molecule has 0 radical (unpaired) electrons. The van der Waals surface area contributed by atoms with Crippen LogP contribution in [0, 0.1) is 40.9 Å². The highest BCUT2D eigenvalue weighted by Crippen LogP contribution is 2.53. The molecule has 0 saturated heterocycles. The summed E-state index contributed by atoms with van der Waals surface area (Å²) in [5.41, 5.74) is 0.544. The average molecular weight is 264 g/mol. The molecule has 0 spiro atoms. The lowest BCUT2D eigenvalue weighted by atomic mass is 9.54. The molecule has 0 heteroatoms. The van der Waals surface area contributed by atoms with Crippen molar-refractivity contribution in [2.45, 2.75) is 80.1 Å². The van der Waals surface area contributed by atoms with Crippen molar-refractivity contribution >= 4 is 0 Å². The van der Waals surface area contributed by atoms with Crippen molar-refractivity contribution in [1.82, 2.24) is 0 Å². The first kappa shape index (κ1) is 15.4. The lowest BCUT2D eigenvalue weighted by Gasteiger charge is -2.51. The van der Waals surface area contributed by atoms with E-state index in [4.69, 9.17) is 0 Å². The van der Waals surface area contributed by atoms with Crippen LogP contribution < -0.4 is 0 Å². The zero-order chi connectivity index (χ0) is 14.2. The minimum Gasteiger partial charge on any atom is -0.0625 e. The Hall–Kier alpha value is 0. The molecule has 2 fully saturated rings. The highest BCUT2D eigenvalue weighted by molar-refractivity contribution is 4.94. The molecular formula is C19H36. The van der Waals surface area contributed by atoms with Crippen molar-refractivity contribution in [3.8, 4) is 0 Å². The van der Waals surface area contributed by atoms with E-state index >= 15 is 0 Å². The van der Waals surface area contributed by atoms with E-state index < -0.39 is 0 Å². The van der Waals surface area contributed by atoms with E-state index in [9.17, 15) is 0 Å². The van der Waals surface area contributed by atoms with Crippen molar-refractivity contribution in [3.05, 3.63) is 0 Å². The Morgan fingerprint density at radius 3 is 1.37 bits per heavy atom. The fourth-order valence-corrected chi connectivity index (χ4v) is 5.41. The van der Waals surface area contributed by atoms with Gasteiger partial charge < -0.3 is 0 Å². The molecule has 112 valence electrons. The summed E-state index contributed by atoms with van der Waals surface area (Å²) in [7, 11) is 0. The van der Waals surface area contributed by atoms with Gasteiger partial charge in [0.05, 0.1) is 0 Å². The molecule has 0 amide bonds. The Labute approximate surface area is 121 Å². The van der Waals surface area contributed by atoms with Crippen LogP contribution in [0.5, 0.6) is 0 Å². The molecule has 0 bridgehead atoms. The molecule has 0 nitrogen and oxygen atoms in total. The molecule has 6 unspecified atom stereocenters.